The van der Waals surface area contributed by atoms with Crippen molar-refractivity contribution in [2.45, 2.75) is 39.5 Å². The lowest BCUT2D eigenvalue weighted by molar-refractivity contribution is -0.141. The van der Waals surface area contributed by atoms with E-state index in [0.717, 1.165) is 24.0 Å². The second kappa shape index (κ2) is 9.21. The fraction of sp³-hybridized carbons (Fsp3) is 0.417. The van der Waals surface area contributed by atoms with Gasteiger partial charge in [-0.1, -0.05) is 49.4 Å². The molecule has 0 aromatic heterocycles. The van der Waals surface area contributed by atoms with Gasteiger partial charge in [0.1, 0.15) is 5.82 Å². The van der Waals surface area contributed by atoms with Crippen molar-refractivity contribution in [1.82, 2.24) is 10.2 Å². The first-order valence-electron chi connectivity index (χ1n) is 10.4. The van der Waals surface area contributed by atoms with E-state index in [1.807, 2.05) is 49.1 Å². The highest BCUT2D eigenvalue weighted by Gasteiger charge is 2.43. The minimum absolute atomic E-state index is 0.00628. The molecule has 1 N–H and O–H groups in total. The fourth-order valence-corrected chi connectivity index (χ4v) is 4.21. The van der Waals surface area contributed by atoms with Crippen LogP contribution in [0.5, 0.6) is 0 Å². The standard InChI is InChI=1S/C24H29FN2O2/c1-3-22(28)27-15-7-14-24(17-27,23(29)26-4-2)16-18-10-12-19(13-11-18)20-8-5-6-9-21(20)25/h5-6,8-13H,3-4,7,14-17H2,1-2H3,(H,26,29)/t24-/m0/s1. The summed E-state index contributed by atoms with van der Waals surface area (Å²) in [4.78, 5) is 27.1. The van der Waals surface area contributed by atoms with E-state index in [4.69, 9.17) is 0 Å². The Morgan fingerprint density at radius 3 is 2.48 bits per heavy atom. The second-order valence-corrected chi connectivity index (χ2v) is 7.77. The third-order valence-corrected chi connectivity index (χ3v) is 5.73. The van der Waals surface area contributed by atoms with Gasteiger partial charge in [-0.2, -0.15) is 0 Å². The molecule has 0 bridgehead atoms. The molecule has 0 radical (unpaired) electrons. The molecule has 1 aliphatic rings. The van der Waals surface area contributed by atoms with E-state index >= 15 is 0 Å². The molecule has 0 saturated carbocycles. The number of carbonyl (C=O) groups is 2. The monoisotopic (exact) mass is 396 g/mol. The molecule has 0 spiro atoms. The van der Waals surface area contributed by atoms with Crippen LogP contribution in [0.3, 0.4) is 0 Å². The number of carbonyl (C=O) groups excluding carboxylic acids is 2. The number of halogens is 1. The summed E-state index contributed by atoms with van der Waals surface area (Å²) < 4.78 is 14.1. The maximum atomic E-state index is 14.1. The van der Waals surface area contributed by atoms with Crippen LogP contribution >= 0.6 is 0 Å². The van der Waals surface area contributed by atoms with Gasteiger partial charge >= 0.3 is 0 Å². The van der Waals surface area contributed by atoms with Crippen molar-refractivity contribution < 1.29 is 14.0 Å². The first-order valence-corrected chi connectivity index (χ1v) is 10.4. The van der Waals surface area contributed by atoms with Crippen LogP contribution in [0, 0.1) is 11.2 Å². The van der Waals surface area contributed by atoms with E-state index < -0.39 is 5.41 Å². The van der Waals surface area contributed by atoms with Crippen molar-refractivity contribution in [2.24, 2.45) is 5.41 Å². The van der Waals surface area contributed by atoms with Crippen LogP contribution in [0.15, 0.2) is 48.5 Å². The zero-order valence-corrected chi connectivity index (χ0v) is 17.2. The van der Waals surface area contributed by atoms with Gasteiger partial charge in [0, 0.05) is 31.6 Å². The van der Waals surface area contributed by atoms with Crippen LogP contribution < -0.4 is 5.32 Å². The van der Waals surface area contributed by atoms with Crippen molar-refractivity contribution in [1.29, 1.82) is 0 Å². The Balaban J connectivity index is 1.85. The SMILES string of the molecule is CCNC(=O)[C@]1(Cc2ccc(-c3ccccc3F)cc2)CCCN(C(=O)CC)C1. The summed E-state index contributed by atoms with van der Waals surface area (Å²) in [5, 5.41) is 2.97. The highest BCUT2D eigenvalue weighted by molar-refractivity contribution is 5.85. The molecule has 1 atom stereocenters. The number of benzene rings is 2. The van der Waals surface area contributed by atoms with E-state index in [2.05, 4.69) is 5.32 Å². The molecule has 4 nitrogen and oxygen atoms in total. The van der Waals surface area contributed by atoms with Crippen LogP contribution in [-0.2, 0) is 16.0 Å². The lowest BCUT2D eigenvalue weighted by Gasteiger charge is -2.42. The molecule has 29 heavy (non-hydrogen) atoms. The van der Waals surface area contributed by atoms with Gasteiger partial charge in [0.15, 0.2) is 0 Å². The smallest absolute Gasteiger partial charge is 0.228 e. The molecule has 2 aromatic carbocycles. The number of amides is 2. The topological polar surface area (TPSA) is 49.4 Å². The van der Waals surface area contributed by atoms with E-state index in [1.54, 1.807) is 12.1 Å². The van der Waals surface area contributed by atoms with Crippen molar-refractivity contribution in [2.75, 3.05) is 19.6 Å². The summed E-state index contributed by atoms with van der Waals surface area (Å²) in [5.41, 5.74) is 1.76. The van der Waals surface area contributed by atoms with Crippen molar-refractivity contribution in [3.8, 4) is 11.1 Å². The Labute approximate surface area is 172 Å². The molecule has 5 heteroatoms. The highest BCUT2D eigenvalue weighted by atomic mass is 19.1. The first kappa shape index (κ1) is 21.0. The minimum Gasteiger partial charge on any atom is -0.356 e. The molecule has 0 unspecified atom stereocenters. The van der Waals surface area contributed by atoms with Crippen molar-refractivity contribution in [3.05, 3.63) is 59.9 Å². The molecule has 1 aliphatic heterocycles. The fourth-order valence-electron chi connectivity index (χ4n) is 4.21. The van der Waals surface area contributed by atoms with Crippen molar-refractivity contribution >= 4 is 11.8 Å². The summed E-state index contributed by atoms with van der Waals surface area (Å²) in [6.07, 6.45) is 2.57. The van der Waals surface area contributed by atoms with Crippen LogP contribution in [0.1, 0.15) is 38.7 Å². The molecule has 0 aliphatic carbocycles. The second-order valence-electron chi connectivity index (χ2n) is 7.77. The molecule has 1 saturated heterocycles. The van der Waals surface area contributed by atoms with Gasteiger partial charge in [-0.25, -0.2) is 4.39 Å². The normalized spacial score (nSPS) is 19.1. The van der Waals surface area contributed by atoms with Gasteiger partial charge in [0.2, 0.25) is 11.8 Å². The summed E-state index contributed by atoms with van der Waals surface area (Å²) in [6.45, 7) is 5.48. The molecule has 2 amide bonds. The third kappa shape index (κ3) is 4.66. The van der Waals surface area contributed by atoms with Gasteiger partial charge in [0.05, 0.1) is 5.41 Å². The molecular formula is C24H29FN2O2. The Morgan fingerprint density at radius 2 is 1.83 bits per heavy atom. The quantitative estimate of drug-likeness (QED) is 0.796. The summed E-state index contributed by atoms with van der Waals surface area (Å²) >= 11 is 0. The van der Waals surface area contributed by atoms with Gasteiger partial charge < -0.3 is 10.2 Å². The highest BCUT2D eigenvalue weighted by Crippen LogP contribution is 2.35. The van der Waals surface area contributed by atoms with Gasteiger partial charge in [-0.3, -0.25) is 9.59 Å². The third-order valence-electron chi connectivity index (χ3n) is 5.73. The van der Waals surface area contributed by atoms with Gasteiger partial charge in [-0.15, -0.1) is 0 Å². The maximum Gasteiger partial charge on any atom is 0.228 e. The van der Waals surface area contributed by atoms with Crippen molar-refractivity contribution in [3.63, 3.8) is 0 Å². The zero-order chi connectivity index (χ0) is 20.9. The Kier molecular flexibility index (Phi) is 6.68. The zero-order valence-electron chi connectivity index (χ0n) is 17.2. The predicted octanol–water partition coefficient (Wildman–Crippen LogP) is 4.19. The molecule has 3 rings (SSSR count). The number of nitrogens with one attached hydrogen (secondary N) is 1. The first-order chi connectivity index (χ1) is 14.0. The maximum absolute atomic E-state index is 14.1. The largest absolute Gasteiger partial charge is 0.356 e. The van der Waals surface area contributed by atoms with Crippen LogP contribution in [-0.4, -0.2) is 36.3 Å². The van der Waals surface area contributed by atoms with E-state index in [0.29, 0.717) is 38.0 Å². The minimum atomic E-state index is -0.626. The Hall–Kier alpha value is -2.69. The van der Waals surface area contributed by atoms with E-state index in [-0.39, 0.29) is 17.6 Å². The number of rotatable bonds is 6. The van der Waals surface area contributed by atoms with Gasteiger partial charge in [-0.05, 0) is 43.4 Å². The average Bonchev–Trinajstić information content (AvgIpc) is 2.74. The number of hydrogen-bond donors (Lipinski definition) is 1. The number of hydrogen-bond acceptors (Lipinski definition) is 2. The van der Waals surface area contributed by atoms with E-state index in [1.165, 1.54) is 6.07 Å². The Bertz CT molecular complexity index is 865. The predicted molar refractivity (Wildman–Crippen MR) is 113 cm³/mol. The molecular weight excluding hydrogens is 367 g/mol. The van der Waals surface area contributed by atoms with Crippen LogP contribution in [0.2, 0.25) is 0 Å². The van der Waals surface area contributed by atoms with E-state index in [9.17, 15) is 14.0 Å². The summed E-state index contributed by atoms with van der Waals surface area (Å²) in [7, 11) is 0. The molecule has 154 valence electrons. The van der Waals surface area contributed by atoms with Crippen LogP contribution in [0.25, 0.3) is 11.1 Å². The summed E-state index contributed by atoms with van der Waals surface area (Å²) in [6, 6.07) is 14.4. The molecule has 1 fully saturated rings. The number of nitrogens with zero attached hydrogens (tertiary/aromatic N) is 1. The lowest BCUT2D eigenvalue weighted by Crippen LogP contribution is -2.54. The average molecular weight is 397 g/mol. The number of piperidine rings is 1. The van der Waals surface area contributed by atoms with Crippen LogP contribution in [0.4, 0.5) is 4.39 Å². The lowest BCUT2D eigenvalue weighted by atomic mass is 9.74. The molecule has 1 heterocycles. The van der Waals surface area contributed by atoms with Gasteiger partial charge in [0.25, 0.3) is 0 Å². The summed E-state index contributed by atoms with van der Waals surface area (Å²) in [5.74, 6) is -0.153. The number of likely N-dealkylation sites (tertiary alicyclic amines) is 1. The Morgan fingerprint density at radius 1 is 1.10 bits per heavy atom. The molecule has 2 aromatic rings.